The summed E-state index contributed by atoms with van der Waals surface area (Å²) in [5, 5.41) is 9.44. The summed E-state index contributed by atoms with van der Waals surface area (Å²) in [7, 11) is 1.32. The van der Waals surface area contributed by atoms with E-state index in [1.165, 1.54) is 23.0 Å². The molecule has 192 valence electrons. The molecule has 0 radical (unpaired) electrons. The van der Waals surface area contributed by atoms with Crippen molar-refractivity contribution in [2.75, 3.05) is 7.11 Å². The zero-order valence-electron chi connectivity index (χ0n) is 20.9. The second-order valence-electron chi connectivity index (χ2n) is 8.68. The van der Waals surface area contributed by atoms with Gasteiger partial charge >= 0.3 is 11.9 Å². The zero-order chi connectivity index (χ0) is 27.0. The number of aromatic nitrogens is 1. The van der Waals surface area contributed by atoms with E-state index in [1.54, 1.807) is 43.3 Å². The molecule has 0 bridgehead atoms. The average Bonchev–Trinajstić information content (AvgIpc) is 3.51. The highest BCUT2D eigenvalue weighted by molar-refractivity contribution is 7.07. The molecule has 9 heteroatoms. The van der Waals surface area contributed by atoms with Crippen molar-refractivity contribution in [2.24, 2.45) is 4.99 Å². The summed E-state index contributed by atoms with van der Waals surface area (Å²) in [4.78, 5) is 43.2. The van der Waals surface area contributed by atoms with E-state index in [1.807, 2.05) is 37.3 Å². The fourth-order valence-corrected chi connectivity index (χ4v) is 5.65. The SMILES string of the molecule is CCC1=C(C(=O)OC)[C@H](c2ccccc2)n2c(s/c(=C\c3ccc(-c4cccc(C(=O)O)c4C)o3)c2=O)=N1. The second kappa shape index (κ2) is 10.1. The highest BCUT2D eigenvalue weighted by Gasteiger charge is 2.33. The van der Waals surface area contributed by atoms with E-state index in [0.29, 0.717) is 49.7 Å². The quantitative estimate of drug-likeness (QED) is 0.378. The zero-order valence-corrected chi connectivity index (χ0v) is 21.7. The third-order valence-electron chi connectivity index (χ3n) is 6.50. The first kappa shape index (κ1) is 25.2. The van der Waals surface area contributed by atoms with Crippen LogP contribution in [0, 0.1) is 6.92 Å². The predicted molar refractivity (Wildman–Crippen MR) is 143 cm³/mol. The van der Waals surface area contributed by atoms with Crippen molar-refractivity contribution >= 4 is 29.4 Å². The Bertz CT molecular complexity index is 1780. The normalized spacial score (nSPS) is 15.2. The third-order valence-corrected chi connectivity index (χ3v) is 7.48. The molecule has 2 aromatic carbocycles. The van der Waals surface area contributed by atoms with Crippen LogP contribution in [-0.2, 0) is 9.53 Å². The maximum absolute atomic E-state index is 13.7. The Morgan fingerprint density at radius 1 is 1.13 bits per heavy atom. The minimum atomic E-state index is -1.01. The lowest BCUT2D eigenvalue weighted by atomic mass is 9.95. The topological polar surface area (TPSA) is 111 Å². The van der Waals surface area contributed by atoms with Gasteiger partial charge in [0.05, 0.1) is 34.5 Å². The number of methoxy groups -OCH3 is 1. The van der Waals surface area contributed by atoms with Crippen molar-refractivity contribution in [1.29, 1.82) is 0 Å². The number of hydrogen-bond acceptors (Lipinski definition) is 7. The number of thiazole rings is 1. The smallest absolute Gasteiger partial charge is 0.338 e. The Balaban J connectivity index is 1.65. The average molecular weight is 529 g/mol. The number of carboxylic acid groups (broad SMARTS) is 1. The number of carbonyl (C=O) groups excluding carboxylic acids is 1. The molecule has 0 saturated heterocycles. The van der Waals surface area contributed by atoms with Gasteiger partial charge < -0.3 is 14.3 Å². The summed E-state index contributed by atoms with van der Waals surface area (Å²) in [6, 6.07) is 17.1. The van der Waals surface area contributed by atoms with Crippen molar-refractivity contribution in [3.8, 4) is 11.3 Å². The van der Waals surface area contributed by atoms with E-state index < -0.39 is 18.0 Å². The molecular formula is C29H24N2O6S. The van der Waals surface area contributed by atoms with Crippen molar-refractivity contribution in [2.45, 2.75) is 26.3 Å². The Morgan fingerprint density at radius 2 is 1.89 bits per heavy atom. The van der Waals surface area contributed by atoms with Crippen LogP contribution < -0.4 is 14.9 Å². The van der Waals surface area contributed by atoms with E-state index in [-0.39, 0.29) is 11.1 Å². The Kier molecular flexibility index (Phi) is 6.69. The van der Waals surface area contributed by atoms with Gasteiger partial charge in [-0.15, -0.1) is 0 Å². The Morgan fingerprint density at radius 3 is 2.58 bits per heavy atom. The van der Waals surface area contributed by atoms with Gasteiger partial charge in [0.1, 0.15) is 11.5 Å². The number of allylic oxidation sites excluding steroid dienone is 1. The number of rotatable bonds is 6. The second-order valence-corrected chi connectivity index (χ2v) is 9.69. The molecule has 0 spiro atoms. The fourth-order valence-electron chi connectivity index (χ4n) is 4.65. The van der Waals surface area contributed by atoms with Gasteiger partial charge in [-0.2, -0.15) is 0 Å². The van der Waals surface area contributed by atoms with Gasteiger partial charge in [-0.25, -0.2) is 14.6 Å². The lowest BCUT2D eigenvalue weighted by molar-refractivity contribution is -0.136. The molecular weight excluding hydrogens is 504 g/mol. The number of esters is 1. The van der Waals surface area contributed by atoms with Gasteiger partial charge in [0, 0.05) is 11.6 Å². The summed E-state index contributed by atoms with van der Waals surface area (Å²) in [5.74, 6) is -0.607. The predicted octanol–water partition coefficient (Wildman–Crippen LogP) is 4.06. The van der Waals surface area contributed by atoms with Crippen molar-refractivity contribution in [3.63, 3.8) is 0 Å². The molecule has 0 amide bonds. The number of ether oxygens (including phenoxy) is 1. The monoisotopic (exact) mass is 528 g/mol. The molecule has 38 heavy (non-hydrogen) atoms. The molecule has 4 aromatic rings. The number of fused-ring (bicyclic) bond motifs is 1. The minimum absolute atomic E-state index is 0.197. The molecule has 0 aliphatic carbocycles. The van der Waals surface area contributed by atoms with Crippen LogP contribution in [0.15, 0.2) is 86.1 Å². The van der Waals surface area contributed by atoms with Crippen molar-refractivity contribution in [1.82, 2.24) is 4.57 Å². The first-order chi connectivity index (χ1) is 18.3. The van der Waals surface area contributed by atoms with Crippen LogP contribution in [0.4, 0.5) is 0 Å². The third kappa shape index (κ3) is 4.31. The summed E-state index contributed by atoms with van der Waals surface area (Å²) in [5.41, 5.74) is 2.83. The summed E-state index contributed by atoms with van der Waals surface area (Å²) in [6.07, 6.45) is 2.13. The molecule has 1 N–H and O–H groups in total. The van der Waals surface area contributed by atoms with Gasteiger partial charge in [-0.1, -0.05) is 60.7 Å². The molecule has 5 rings (SSSR count). The molecule has 8 nitrogen and oxygen atoms in total. The van der Waals surface area contributed by atoms with E-state index in [0.717, 1.165) is 5.56 Å². The van der Waals surface area contributed by atoms with Gasteiger partial charge in [0.2, 0.25) is 0 Å². The van der Waals surface area contributed by atoms with E-state index in [4.69, 9.17) is 9.15 Å². The summed E-state index contributed by atoms with van der Waals surface area (Å²) >= 11 is 1.21. The van der Waals surface area contributed by atoms with Crippen LogP contribution in [-0.4, -0.2) is 28.7 Å². The van der Waals surface area contributed by atoms with Crippen LogP contribution in [0.25, 0.3) is 17.4 Å². The van der Waals surface area contributed by atoms with Crippen LogP contribution in [0.2, 0.25) is 0 Å². The summed E-state index contributed by atoms with van der Waals surface area (Å²) in [6.45, 7) is 3.64. The van der Waals surface area contributed by atoms with E-state index in [9.17, 15) is 19.5 Å². The Labute approximate surface area is 221 Å². The molecule has 3 heterocycles. The number of hydrogen-bond donors (Lipinski definition) is 1. The molecule has 1 atom stereocenters. The van der Waals surface area contributed by atoms with Crippen molar-refractivity contribution < 1.29 is 23.8 Å². The molecule has 0 saturated carbocycles. The van der Waals surface area contributed by atoms with Crippen LogP contribution in [0.3, 0.4) is 0 Å². The number of benzene rings is 2. The first-order valence-corrected chi connectivity index (χ1v) is 12.8. The van der Waals surface area contributed by atoms with Gasteiger partial charge in [-0.3, -0.25) is 9.36 Å². The molecule has 1 aliphatic heterocycles. The largest absolute Gasteiger partial charge is 0.478 e. The highest BCUT2D eigenvalue weighted by Crippen LogP contribution is 2.32. The minimum Gasteiger partial charge on any atom is -0.478 e. The standard InChI is InChI=1S/C29H24N2O6S/c1-4-21-24(28(35)36-3)25(17-9-6-5-7-10-17)31-26(32)23(38-29(31)30-21)15-18-13-14-22(37-18)19-11-8-12-20(16(19)2)27(33)34/h5-15,25H,4H2,1-3H3,(H,33,34)/b23-15-/t25-/m0/s1. The number of nitrogens with zero attached hydrogens (tertiary/aromatic N) is 2. The van der Waals surface area contributed by atoms with Gasteiger partial charge in [-0.05, 0) is 42.7 Å². The molecule has 0 unspecified atom stereocenters. The fraction of sp³-hybridized carbons (Fsp3) is 0.172. The van der Waals surface area contributed by atoms with Crippen LogP contribution in [0.5, 0.6) is 0 Å². The molecule has 1 aliphatic rings. The van der Waals surface area contributed by atoms with Crippen LogP contribution in [0.1, 0.15) is 46.6 Å². The highest BCUT2D eigenvalue weighted by atomic mass is 32.1. The number of furan rings is 1. The maximum Gasteiger partial charge on any atom is 0.338 e. The van der Waals surface area contributed by atoms with Gasteiger partial charge in [0.15, 0.2) is 4.80 Å². The lowest BCUT2D eigenvalue weighted by Gasteiger charge is -2.25. The number of aromatic carboxylic acids is 1. The number of carbonyl (C=O) groups is 2. The van der Waals surface area contributed by atoms with E-state index >= 15 is 0 Å². The lowest BCUT2D eigenvalue weighted by Crippen LogP contribution is -2.40. The maximum atomic E-state index is 13.7. The van der Waals surface area contributed by atoms with Gasteiger partial charge in [0.25, 0.3) is 5.56 Å². The molecule has 2 aromatic heterocycles. The van der Waals surface area contributed by atoms with Crippen molar-refractivity contribution in [3.05, 3.63) is 114 Å². The number of carboxylic acids is 1. The Hall–Kier alpha value is -4.50. The summed E-state index contributed by atoms with van der Waals surface area (Å²) < 4.78 is 13.0. The molecule has 0 fully saturated rings. The van der Waals surface area contributed by atoms with E-state index in [2.05, 4.69) is 4.99 Å². The van der Waals surface area contributed by atoms with Crippen LogP contribution >= 0.6 is 11.3 Å². The first-order valence-electron chi connectivity index (χ1n) is 11.9.